The molecule has 4 aromatic rings. The van der Waals surface area contributed by atoms with E-state index >= 15 is 0 Å². The Bertz CT molecular complexity index is 1600. The summed E-state index contributed by atoms with van der Waals surface area (Å²) in [7, 11) is -2.68. The van der Waals surface area contributed by atoms with Crippen molar-refractivity contribution in [2.75, 3.05) is 7.11 Å². The number of sulfonamides is 1. The summed E-state index contributed by atoms with van der Waals surface area (Å²) in [5.41, 5.74) is 3.07. The fourth-order valence-electron chi connectivity index (χ4n) is 4.78. The van der Waals surface area contributed by atoms with Crippen molar-refractivity contribution in [2.45, 2.75) is 43.4 Å². The Kier molecular flexibility index (Phi) is 5.75. The van der Waals surface area contributed by atoms with Crippen LogP contribution in [0.5, 0.6) is 5.75 Å². The van der Waals surface area contributed by atoms with Gasteiger partial charge in [-0.2, -0.15) is 0 Å². The van der Waals surface area contributed by atoms with Crippen LogP contribution < -0.4 is 9.46 Å². The van der Waals surface area contributed by atoms with Crippen molar-refractivity contribution >= 4 is 26.8 Å². The van der Waals surface area contributed by atoms with E-state index in [-0.39, 0.29) is 10.8 Å². The molecule has 1 fully saturated rings. The summed E-state index contributed by atoms with van der Waals surface area (Å²) < 4.78 is 35.0. The van der Waals surface area contributed by atoms with Gasteiger partial charge in [0.2, 0.25) is 5.91 Å². The van der Waals surface area contributed by atoms with Gasteiger partial charge in [0.1, 0.15) is 5.75 Å². The summed E-state index contributed by atoms with van der Waals surface area (Å²) in [5.74, 6) is -0.468. The maximum absolute atomic E-state index is 13.9. The standard InChI is InChI=1S/C27H26N4O4S/c1-16-8-11-24(35-4)20(12-16)27(13-21(27)23-15-28-18(3)14-29-23)26(32)31-36(33,34)25-7-5-6-22-19(25)10-9-17(2)30-22/h5-12,14-15,21H,13H2,1-4H3,(H,31,32)/t21-,27-/m1/s1. The van der Waals surface area contributed by atoms with Crippen LogP contribution in [0.1, 0.15) is 40.5 Å². The van der Waals surface area contributed by atoms with Gasteiger partial charge >= 0.3 is 0 Å². The molecular weight excluding hydrogens is 476 g/mol. The van der Waals surface area contributed by atoms with Crippen molar-refractivity contribution in [3.63, 3.8) is 0 Å². The second-order valence-electron chi connectivity index (χ2n) is 9.22. The minimum atomic E-state index is -4.21. The number of pyridine rings is 1. The SMILES string of the molecule is COc1ccc(C)cc1[C@]1(C(=O)NS(=O)(=O)c2cccc3nc(C)ccc23)C[C@@H]1c1cnc(C)cn1. The van der Waals surface area contributed by atoms with Crippen LogP contribution in [0.15, 0.2) is 65.8 Å². The number of aromatic nitrogens is 3. The molecule has 36 heavy (non-hydrogen) atoms. The molecule has 2 heterocycles. The van der Waals surface area contributed by atoms with E-state index in [0.717, 1.165) is 17.0 Å². The van der Waals surface area contributed by atoms with Crippen molar-refractivity contribution in [3.8, 4) is 5.75 Å². The third kappa shape index (κ3) is 3.99. The molecule has 9 heteroatoms. The van der Waals surface area contributed by atoms with Crippen molar-refractivity contribution in [2.24, 2.45) is 0 Å². The van der Waals surface area contributed by atoms with Crippen LogP contribution in [0.2, 0.25) is 0 Å². The van der Waals surface area contributed by atoms with Gasteiger partial charge in [-0.1, -0.05) is 23.8 Å². The van der Waals surface area contributed by atoms with E-state index in [9.17, 15) is 13.2 Å². The zero-order chi connectivity index (χ0) is 25.7. The Labute approximate surface area is 209 Å². The van der Waals surface area contributed by atoms with Gasteiger partial charge in [-0.25, -0.2) is 13.1 Å². The van der Waals surface area contributed by atoms with Gasteiger partial charge in [0.05, 0.1) is 34.3 Å². The minimum absolute atomic E-state index is 0.000431. The number of nitrogens with zero attached hydrogens (tertiary/aromatic N) is 3. The average molecular weight is 503 g/mol. The van der Waals surface area contributed by atoms with Crippen molar-refractivity contribution in [3.05, 3.63) is 89.1 Å². The molecule has 2 aromatic heterocycles. The van der Waals surface area contributed by atoms with Crippen molar-refractivity contribution in [1.29, 1.82) is 0 Å². The number of benzene rings is 2. The molecule has 1 saturated carbocycles. The van der Waals surface area contributed by atoms with E-state index in [1.54, 1.807) is 42.7 Å². The molecule has 2 aromatic carbocycles. The molecule has 0 unspecified atom stereocenters. The van der Waals surface area contributed by atoms with Gasteiger partial charge in [0.25, 0.3) is 10.0 Å². The smallest absolute Gasteiger partial charge is 0.264 e. The molecule has 0 saturated heterocycles. The fourth-order valence-corrected chi connectivity index (χ4v) is 6.03. The first-order valence-corrected chi connectivity index (χ1v) is 13.0. The number of rotatable bonds is 6. The van der Waals surface area contributed by atoms with Crippen LogP contribution in [-0.2, 0) is 20.2 Å². The predicted molar refractivity (Wildman–Crippen MR) is 135 cm³/mol. The summed E-state index contributed by atoms with van der Waals surface area (Å²) in [4.78, 5) is 27.2. The molecule has 1 aliphatic carbocycles. The van der Waals surface area contributed by atoms with Crippen LogP contribution in [0.4, 0.5) is 0 Å². The Morgan fingerprint density at radius 3 is 2.56 bits per heavy atom. The number of carbonyl (C=O) groups excluding carboxylic acids is 1. The van der Waals surface area contributed by atoms with Crippen LogP contribution in [0.3, 0.4) is 0 Å². The summed E-state index contributed by atoms with van der Waals surface area (Å²) in [6.45, 7) is 5.59. The molecule has 8 nitrogen and oxygen atoms in total. The number of methoxy groups -OCH3 is 1. The molecule has 5 rings (SSSR count). The number of hydrogen-bond acceptors (Lipinski definition) is 7. The lowest BCUT2D eigenvalue weighted by molar-refractivity contribution is -0.122. The van der Waals surface area contributed by atoms with Crippen molar-refractivity contribution in [1.82, 2.24) is 19.7 Å². The van der Waals surface area contributed by atoms with Gasteiger partial charge in [-0.3, -0.25) is 19.7 Å². The molecule has 1 aliphatic rings. The number of ether oxygens (including phenoxy) is 1. The maximum atomic E-state index is 13.9. The van der Waals surface area contributed by atoms with E-state index in [4.69, 9.17) is 4.74 Å². The number of hydrogen-bond donors (Lipinski definition) is 1. The molecule has 0 bridgehead atoms. The van der Waals surface area contributed by atoms with E-state index in [1.807, 2.05) is 32.9 Å². The van der Waals surface area contributed by atoms with Gasteiger partial charge < -0.3 is 4.74 Å². The third-order valence-electron chi connectivity index (χ3n) is 6.71. The highest BCUT2D eigenvalue weighted by Gasteiger charge is 2.64. The molecule has 184 valence electrons. The zero-order valence-corrected chi connectivity index (χ0v) is 21.3. The summed E-state index contributed by atoms with van der Waals surface area (Å²) in [5, 5.41) is 0.447. The number of amides is 1. The highest BCUT2D eigenvalue weighted by Crippen LogP contribution is 2.62. The topological polar surface area (TPSA) is 111 Å². The molecule has 0 spiro atoms. The van der Waals surface area contributed by atoms with E-state index < -0.39 is 21.3 Å². The Morgan fingerprint density at radius 2 is 1.83 bits per heavy atom. The van der Waals surface area contributed by atoms with Crippen molar-refractivity contribution < 1.29 is 17.9 Å². The quantitative estimate of drug-likeness (QED) is 0.426. The molecule has 0 radical (unpaired) electrons. The monoisotopic (exact) mass is 502 g/mol. The zero-order valence-electron chi connectivity index (χ0n) is 20.4. The van der Waals surface area contributed by atoms with E-state index in [0.29, 0.717) is 34.3 Å². The fraction of sp³-hybridized carbons (Fsp3) is 0.259. The molecule has 0 aliphatic heterocycles. The van der Waals surface area contributed by atoms with Gasteiger partial charge in [0, 0.05) is 35.0 Å². The molecule has 1 N–H and O–H groups in total. The van der Waals surface area contributed by atoms with Crippen LogP contribution in [-0.4, -0.2) is 36.4 Å². The highest BCUT2D eigenvalue weighted by atomic mass is 32.2. The van der Waals surface area contributed by atoms with Crippen LogP contribution >= 0.6 is 0 Å². The Hall–Kier alpha value is -3.85. The second kappa shape index (κ2) is 8.67. The first-order chi connectivity index (χ1) is 17.2. The maximum Gasteiger partial charge on any atom is 0.264 e. The first kappa shape index (κ1) is 23.9. The lowest BCUT2D eigenvalue weighted by Crippen LogP contribution is -2.40. The summed E-state index contributed by atoms with van der Waals surface area (Å²) in [6, 6.07) is 13.8. The lowest BCUT2D eigenvalue weighted by atomic mass is 9.89. The van der Waals surface area contributed by atoms with E-state index in [1.165, 1.54) is 13.2 Å². The summed E-state index contributed by atoms with van der Waals surface area (Å²) in [6.07, 6.45) is 3.67. The largest absolute Gasteiger partial charge is 0.496 e. The Balaban J connectivity index is 1.59. The third-order valence-corrected chi connectivity index (χ3v) is 8.10. The minimum Gasteiger partial charge on any atom is -0.496 e. The van der Waals surface area contributed by atoms with Gasteiger partial charge in [0.15, 0.2) is 0 Å². The number of carbonyl (C=O) groups is 1. The molecule has 2 atom stereocenters. The number of aryl methyl sites for hydroxylation is 3. The second-order valence-corrected chi connectivity index (χ2v) is 10.9. The average Bonchev–Trinajstić information content (AvgIpc) is 3.60. The van der Waals surface area contributed by atoms with Crippen LogP contribution in [0.25, 0.3) is 10.9 Å². The van der Waals surface area contributed by atoms with Crippen LogP contribution in [0, 0.1) is 20.8 Å². The first-order valence-electron chi connectivity index (χ1n) is 11.5. The van der Waals surface area contributed by atoms with E-state index in [2.05, 4.69) is 19.7 Å². The predicted octanol–water partition coefficient (Wildman–Crippen LogP) is 3.89. The van der Waals surface area contributed by atoms with Gasteiger partial charge in [-0.15, -0.1) is 0 Å². The Morgan fingerprint density at radius 1 is 1.03 bits per heavy atom. The molecular formula is C27H26N4O4S. The van der Waals surface area contributed by atoms with Gasteiger partial charge in [-0.05, 0) is 57.5 Å². The highest BCUT2D eigenvalue weighted by molar-refractivity contribution is 7.90. The summed E-state index contributed by atoms with van der Waals surface area (Å²) >= 11 is 0. The lowest BCUT2D eigenvalue weighted by Gasteiger charge is -2.21. The number of fused-ring (bicyclic) bond motifs is 1. The molecule has 1 amide bonds. The normalized spacial score (nSPS) is 19.2. The number of nitrogens with one attached hydrogen (secondary N) is 1.